The van der Waals surface area contributed by atoms with Gasteiger partial charge in [-0.3, -0.25) is 0 Å². The van der Waals surface area contributed by atoms with Gasteiger partial charge in [0.25, 0.3) is 0 Å². The van der Waals surface area contributed by atoms with E-state index in [1.807, 2.05) is 12.1 Å². The van der Waals surface area contributed by atoms with Crippen molar-refractivity contribution < 1.29 is 8.83 Å². The minimum atomic E-state index is -0.480. The van der Waals surface area contributed by atoms with Gasteiger partial charge in [0.2, 0.25) is 0 Å². The Bertz CT molecular complexity index is 3840. The third-order valence-corrected chi connectivity index (χ3v) is 13.9. The van der Waals surface area contributed by atoms with Crippen molar-refractivity contribution in [1.82, 2.24) is 0 Å². The van der Waals surface area contributed by atoms with Crippen molar-refractivity contribution in [1.29, 1.82) is 0 Å². The Labute approximate surface area is 369 Å². The molecule has 0 fully saturated rings. The summed E-state index contributed by atoms with van der Waals surface area (Å²) >= 11 is 0. The molecule has 0 saturated heterocycles. The molecule has 3 nitrogen and oxygen atoms in total. The Kier molecular flexibility index (Phi) is 7.32. The van der Waals surface area contributed by atoms with Crippen LogP contribution in [-0.4, -0.2) is 0 Å². The summed E-state index contributed by atoms with van der Waals surface area (Å²) in [5.41, 5.74) is 21.4. The van der Waals surface area contributed by atoms with Gasteiger partial charge in [0.05, 0.1) is 5.41 Å². The number of rotatable bonds is 5. The van der Waals surface area contributed by atoms with Gasteiger partial charge in [-0.15, -0.1) is 0 Å². The summed E-state index contributed by atoms with van der Waals surface area (Å²) in [6.45, 7) is 0. The van der Waals surface area contributed by atoms with E-state index in [9.17, 15) is 0 Å². The van der Waals surface area contributed by atoms with Crippen molar-refractivity contribution in [3.05, 3.63) is 247 Å². The number of para-hydroxylation sites is 4. The van der Waals surface area contributed by atoms with Crippen LogP contribution in [0, 0.1) is 0 Å². The highest BCUT2D eigenvalue weighted by atomic mass is 16.3. The first kappa shape index (κ1) is 35.2. The van der Waals surface area contributed by atoms with E-state index in [4.69, 9.17) is 8.83 Å². The van der Waals surface area contributed by atoms with Crippen LogP contribution in [0.2, 0.25) is 0 Å². The third-order valence-electron chi connectivity index (χ3n) is 13.9. The largest absolute Gasteiger partial charge is 0.456 e. The Morgan fingerprint density at radius 2 is 0.875 bits per heavy atom. The molecule has 0 aliphatic heterocycles. The Morgan fingerprint density at radius 3 is 1.66 bits per heavy atom. The fourth-order valence-electron chi connectivity index (χ4n) is 11.2. The van der Waals surface area contributed by atoms with E-state index in [1.54, 1.807) is 0 Å². The SMILES string of the molecule is c1ccc(N(c2ccc(-c3ccc4c(c3)C3(c5ccccc5-4)c4ccccc4-c4c3ccc3oc5ccccc5c43)cc2)c2ccc(-c3cccc4c3oc3ccccc34)cc2)cc1. The molecule has 0 N–H and O–H groups in total. The topological polar surface area (TPSA) is 29.5 Å². The summed E-state index contributed by atoms with van der Waals surface area (Å²) in [5, 5.41) is 4.62. The van der Waals surface area contributed by atoms with Gasteiger partial charge in [-0.2, -0.15) is 0 Å². The average Bonchev–Trinajstić information content (AvgIpc) is 4.10. The van der Waals surface area contributed by atoms with Crippen LogP contribution in [0.1, 0.15) is 22.3 Å². The molecule has 1 unspecified atom stereocenters. The molecule has 64 heavy (non-hydrogen) atoms. The summed E-state index contributed by atoms with van der Waals surface area (Å²) in [6.07, 6.45) is 0. The number of nitrogens with zero attached hydrogens (tertiary/aromatic N) is 1. The molecule has 2 aliphatic rings. The summed E-state index contributed by atoms with van der Waals surface area (Å²) in [6, 6.07) is 81.3. The quantitative estimate of drug-likeness (QED) is 0.173. The number of benzene rings is 10. The van der Waals surface area contributed by atoms with Crippen molar-refractivity contribution in [3.63, 3.8) is 0 Å². The molecule has 1 atom stereocenters. The van der Waals surface area contributed by atoms with Crippen LogP contribution >= 0.6 is 0 Å². The first-order valence-corrected chi connectivity index (χ1v) is 22.0. The number of hydrogen-bond acceptors (Lipinski definition) is 3. The van der Waals surface area contributed by atoms with Crippen LogP contribution in [0.4, 0.5) is 17.1 Å². The Hall–Kier alpha value is -8.40. The number of fused-ring (bicyclic) bond motifs is 17. The normalized spacial score (nSPS) is 14.6. The highest BCUT2D eigenvalue weighted by Gasteiger charge is 2.52. The van der Waals surface area contributed by atoms with Crippen LogP contribution in [0.3, 0.4) is 0 Å². The minimum Gasteiger partial charge on any atom is -0.456 e. The van der Waals surface area contributed by atoms with Gasteiger partial charge in [-0.25, -0.2) is 0 Å². The highest BCUT2D eigenvalue weighted by molar-refractivity contribution is 6.16. The maximum Gasteiger partial charge on any atom is 0.143 e. The third kappa shape index (κ3) is 4.81. The van der Waals surface area contributed by atoms with E-state index >= 15 is 0 Å². The minimum absolute atomic E-state index is 0.480. The molecule has 2 heterocycles. The summed E-state index contributed by atoms with van der Waals surface area (Å²) < 4.78 is 12.9. The molecular weight excluding hydrogens is 779 g/mol. The van der Waals surface area contributed by atoms with E-state index in [-0.39, 0.29) is 0 Å². The molecule has 10 aromatic carbocycles. The lowest BCUT2D eigenvalue weighted by Gasteiger charge is -2.30. The van der Waals surface area contributed by atoms with Gasteiger partial charge in [-0.05, 0) is 122 Å². The van der Waals surface area contributed by atoms with Crippen LogP contribution in [0.5, 0.6) is 0 Å². The fraction of sp³-hybridized carbons (Fsp3) is 0.0164. The van der Waals surface area contributed by atoms with Crippen molar-refractivity contribution in [2.75, 3.05) is 4.90 Å². The van der Waals surface area contributed by atoms with Gasteiger partial charge in [0.1, 0.15) is 22.3 Å². The standard InChI is InChI=1S/C61H37NO2/c1-2-13-41(14-3-1)62(43-32-27-39(28-33-43)44-19-12-20-48-47-16-6-10-23-55(47)64-60(44)48)42-30-25-38(26-31-42)40-29-34-46-45-15-4-8-21-51(45)61(54(46)37-40)52-22-9-5-17-49(52)58-53(61)35-36-57-59(58)50-18-7-11-24-56(50)63-57/h1-37H. The van der Waals surface area contributed by atoms with Crippen LogP contribution < -0.4 is 4.90 Å². The molecule has 0 bridgehead atoms. The maximum absolute atomic E-state index is 6.48. The van der Waals surface area contributed by atoms with Crippen LogP contribution in [0.25, 0.3) is 88.4 Å². The average molecular weight is 816 g/mol. The molecule has 298 valence electrons. The molecule has 12 aromatic rings. The predicted molar refractivity (Wildman–Crippen MR) is 263 cm³/mol. The number of furan rings is 2. The molecule has 1 spiro atoms. The molecule has 0 amide bonds. The molecular formula is C61H37NO2. The van der Waals surface area contributed by atoms with Crippen molar-refractivity contribution in [2.45, 2.75) is 5.41 Å². The number of hydrogen-bond donors (Lipinski definition) is 0. The second-order valence-electron chi connectivity index (χ2n) is 17.1. The fourth-order valence-corrected chi connectivity index (χ4v) is 11.2. The van der Waals surface area contributed by atoms with Gasteiger partial charge >= 0.3 is 0 Å². The zero-order valence-corrected chi connectivity index (χ0v) is 34.6. The lowest BCUT2D eigenvalue weighted by molar-refractivity contribution is 0.668. The maximum atomic E-state index is 6.48. The summed E-state index contributed by atoms with van der Waals surface area (Å²) in [4.78, 5) is 2.33. The molecule has 14 rings (SSSR count). The second-order valence-corrected chi connectivity index (χ2v) is 17.1. The first-order valence-electron chi connectivity index (χ1n) is 22.0. The van der Waals surface area contributed by atoms with Gasteiger partial charge in [0, 0.05) is 44.2 Å². The van der Waals surface area contributed by atoms with Gasteiger partial charge < -0.3 is 13.7 Å². The molecule has 0 radical (unpaired) electrons. The van der Waals surface area contributed by atoms with E-state index in [0.29, 0.717) is 0 Å². The van der Waals surface area contributed by atoms with E-state index in [1.165, 1.54) is 61.0 Å². The Balaban J connectivity index is 0.883. The monoisotopic (exact) mass is 815 g/mol. The van der Waals surface area contributed by atoms with Crippen LogP contribution in [0.15, 0.2) is 233 Å². The lowest BCUT2D eigenvalue weighted by atomic mass is 9.70. The zero-order chi connectivity index (χ0) is 41.9. The van der Waals surface area contributed by atoms with Crippen molar-refractivity contribution in [3.8, 4) is 44.5 Å². The summed E-state index contributed by atoms with van der Waals surface area (Å²) in [7, 11) is 0. The van der Waals surface area contributed by atoms with Crippen molar-refractivity contribution in [2.24, 2.45) is 0 Å². The number of anilines is 3. The molecule has 2 aliphatic carbocycles. The summed E-state index contributed by atoms with van der Waals surface area (Å²) in [5.74, 6) is 0. The van der Waals surface area contributed by atoms with E-state index in [2.05, 4.69) is 217 Å². The van der Waals surface area contributed by atoms with E-state index < -0.39 is 5.41 Å². The van der Waals surface area contributed by atoms with Crippen LogP contribution in [-0.2, 0) is 5.41 Å². The molecule has 3 heteroatoms. The smallest absolute Gasteiger partial charge is 0.143 e. The lowest BCUT2D eigenvalue weighted by Crippen LogP contribution is -2.25. The van der Waals surface area contributed by atoms with E-state index in [0.717, 1.165) is 66.7 Å². The highest BCUT2D eigenvalue weighted by Crippen LogP contribution is 2.64. The Morgan fingerprint density at radius 1 is 0.312 bits per heavy atom. The predicted octanol–water partition coefficient (Wildman–Crippen LogP) is 16.6. The first-order chi connectivity index (χ1) is 31.7. The zero-order valence-electron chi connectivity index (χ0n) is 34.6. The van der Waals surface area contributed by atoms with Gasteiger partial charge in [-0.1, -0.05) is 164 Å². The second kappa shape index (κ2) is 13.3. The molecule has 0 saturated carbocycles. The van der Waals surface area contributed by atoms with Gasteiger partial charge in [0.15, 0.2) is 0 Å². The molecule has 2 aromatic heterocycles. The van der Waals surface area contributed by atoms with Crippen molar-refractivity contribution >= 4 is 60.9 Å².